The summed E-state index contributed by atoms with van der Waals surface area (Å²) in [5, 5.41) is 1.32. The van der Waals surface area contributed by atoms with E-state index >= 15 is 0 Å². The van der Waals surface area contributed by atoms with Gasteiger partial charge in [0.2, 0.25) is 11.4 Å². The summed E-state index contributed by atoms with van der Waals surface area (Å²) in [7, 11) is 0. The van der Waals surface area contributed by atoms with Crippen LogP contribution in [-0.4, -0.2) is 6.54 Å². The molecule has 0 radical (unpaired) electrons. The van der Waals surface area contributed by atoms with Crippen LogP contribution in [0.2, 0.25) is 0 Å². The smallest absolute Gasteiger partial charge is 0.263 e. The summed E-state index contributed by atoms with van der Waals surface area (Å²) in [6.45, 7) is 13.2. The standard InChI is InChI=1S/C29H33N2OS/c1-6-30-24-14-20(3)12-13-25(24)32-27(30)16-21-15-22(19-29(4,5)18-21)17-28-31(7-2)23-10-8-9-11-26(23)33-28/h8-17H,6-7,18-19H2,1-5H3/q+1. The third-order valence-electron chi connectivity index (χ3n) is 6.51. The van der Waals surface area contributed by atoms with Gasteiger partial charge in [0.1, 0.15) is 11.2 Å². The molecule has 0 saturated heterocycles. The zero-order valence-electron chi connectivity index (χ0n) is 20.3. The Labute approximate surface area is 201 Å². The second-order valence-electron chi connectivity index (χ2n) is 9.91. The van der Waals surface area contributed by atoms with E-state index in [1.54, 1.807) is 0 Å². The maximum absolute atomic E-state index is 6.29. The molecule has 0 unspecified atom stereocenters. The van der Waals surface area contributed by atoms with E-state index in [9.17, 15) is 0 Å². The molecule has 170 valence electrons. The van der Waals surface area contributed by atoms with Crippen LogP contribution < -0.4 is 14.2 Å². The molecule has 1 aliphatic carbocycles. The van der Waals surface area contributed by atoms with Crippen molar-refractivity contribution in [2.45, 2.75) is 54.0 Å². The van der Waals surface area contributed by atoms with Crippen LogP contribution in [0, 0.1) is 12.3 Å². The predicted molar refractivity (Wildman–Crippen MR) is 140 cm³/mol. The van der Waals surface area contributed by atoms with Gasteiger partial charge >= 0.3 is 0 Å². The lowest BCUT2D eigenvalue weighted by Crippen LogP contribution is -2.33. The molecule has 0 spiro atoms. The van der Waals surface area contributed by atoms with Gasteiger partial charge in [0.05, 0.1) is 5.69 Å². The molecule has 0 bridgehead atoms. The van der Waals surface area contributed by atoms with E-state index in [2.05, 4.69) is 105 Å². The van der Waals surface area contributed by atoms with E-state index in [0.717, 1.165) is 37.6 Å². The number of fused-ring (bicyclic) bond motifs is 2. The fraction of sp³-hybridized carbons (Fsp3) is 0.345. The Balaban J connectivity index is 1.53. The van der Waals surface area contributed by atoms with Crippen molar-refractivity contribution >= 4 is 33.3 Å². The van der Waals surface area contributed by atoms with Crippen LogP contribution in [0.15, 0.2) is 71.6 Å². The number of anilines is 1. The van der Waals surface area contributed by atoms with Crippen LogP contribution >= 0.6 is 11.3 Å². The summed E-state index contributed by atoms with van der Waals surface area (Å²) < 4.78 is 10.1. The number of para-hydroxylation sites is 1. The van der Waals surface area contributed by atoms with Crippen molar-refractivity contribution in [3.63, 3.8) is 0 Å². The van der Waals surface area contributed by atoms with Crippen LogP contribution in [0.4, 0.5) is 5.69 Å². The number of ether oxygens (including phenoxy) is 1. The van der Waals surface area contributed by atoms with Crippen molar-refractivity contribution in [1.29, 1.82) is 0 Å². The van der Waals surface area contributed by atoms with Crippen molar-refractivity contribution in [1.82, 2.24) is 0 Å². The topological polar surface area (TPSA) is 16.4 Å². The van der Waals surface area contributed by atoms with E-state index < -0.39 is 0 Å². The maximum Gasteiger partial charge on any atom is 0.263 e. The minimum absolute atomic E-state index is 0.208. The normalized spacial score (nSPS) is 19.8. The van der Waals surface area contributed by atoms with Gasteiger partial charge in [-0.05, 0) is 73.9 Å². The molecule has 4 heteroatoms. The first kappa shape index (κ1) is 22.0. The third kappa shape index (κ3) is 4.24. The second-order valence-corrected chi connectivity index (χ2v) is 11.0. The first-order valence-electron chi connectivity index (χ1n) is 12.0. The quantitative estimate of drug-likeness (QED) is 0.379. The van der Waals surface area contributed by atoms with E-state index in [0.29, 0.717) is 0 Å². The fourth-order valence-corrected chi connectivity index (χ4v) is 6.34. The molecule has 3 aromatic rings. The van der Waals surface area contributed by atoms with Crippen molar-refractivity contribution < 1.29 is 9.30 Å². The Hall–Kier alpha value is -2.85. The number of benzene rings is 2. The van der Waals surface area contributed by atoms with E-state index in [-0.39, 0.29) is 5.41 Å². The molecule has 0 saturated carbocycles. The molecular weight excluding hydrogens is 424 g/mol. The summed E-state index contributed by atoms with van der Waals surface area (Å²) in [4.78, 5) is 2.28. The molecule has 5 rings (SSSR count). The Bertz CT molecular complexity index is 1310. The number of aromatic nitrogens is 1. The zero-order valence-corrected chi connectivity index (χ0v) is 21.1. The Kier molecular flexibility index (Phi) is 5.65. The Morgan fingerprint density at radius 2 is 1.91 bits per heavy atom. The number of rotatable bonds is 4. The first-order valence-corrected chi connectivity index (χ1v) is 12.8. The minimum Gasteiger partial charge on any atom is -0.439 e. The summed E-state index contributed by atoms with van der Waals surface area (Å²) in [5.74, 6) is 1.89. The second kappa shape index (κ2) is 8.49. The predicted octanol–water partition coefficient (Wildman–Crippen LogP) is 7.41. The minimum atomic E-state index is 0.208. The van der Waals surface area contributed by atoms with E-state index in [1.807, 2.05) is 11.3 Å². The van der Waals surface area contributed by atoms with Gasteiger partial charge in [0.15, 0.2) is 5.75 Å². The van der Waals surface area contributed by atoms with Gasteiger partial charge < -0.3 is 9.64 Å². The Morgan fingerprint density at radius 1 is 1.09 bits per heavy atom. The lowest BCUT2D eigenvalue weighted by Gasteiger charge is -2.30. The molecule has 2 aromatic carbocycles. The van der Waals surface area contributed by atoms with Crippen LogP contribution in [-0.2, 0) is 6.54 Å². The average molecular weight is 458 g/mol. The molecule has 0 atom stereocenters. The number of nitrogens with zero attached hydrogens (tertiary/aromatic N) is 2. The van der Waals surface area contributed by atoms with Crippen molar-refractivity contribution in [3.8, 4) is 5.75 Å². The van der Waals surface area contributed by atoms with Gasteiger partial charge in [0, 0.05) is 24.8 Å². The van der Waals surface area contributed by atoms with Gasteiger partial charge in [0.25, 0.3) is 5.01 Å². The molecular formula is C29H33N2OS+. The molecule has 0 fully saturated rings. The van der Waals surface area contributed by atoms with Crippen molar-refractivity contribution in [2.24, 2.45) is 5.41 Å². The highest BCUT2D eigenvalue weighted by molar-refractivity contribution is 7.18. The highest BCUT2D eigenvalue weighted by atomic mass is 32.1. The summed E-state index contributed by atoms with van der Waals surface area (Å²) in [6.07, 6.45) is 9.17. The van der Waals surface area contributed by atoms with Gasteiger partial charge in [-0.15, -0.1) is 0 Å². The van der Waals surface area contributed by atoms with Crippen molar-refractivity contribution in [2.75, 3.05) is 11.4 Å². The van der Waals surface area contributed by atoms with Gasteiger partial charge in [-0.25, -0.2) is 0 Å². The summed E-state index contributed by atoms with van der Waals surface area (Å²) in [6, 6.07) is 15.1. The van der Waals surface area contributed by atoms with Crippen molar-refractivity contribution in [3.05, 3.63) is 82.2 Å². The largest absolute Gasteiger partial charge is 0.439 e. The highest BCUT2D eigenvalue weighted by Crippen LogP contribution is 2.43. The SMILES string of the molecule is CCN1/C(=C/C2=CC(=C/c3sc4ccccc4[n+]3CC)/CC(C)(C)C2)Oc2ccc(C)cc21. The average Bonchev–Trinajstić information content (AvgIpc) is 3.28. The zero-order chi connectivity index (χ0) is 23.2. The van der Waals surface area contributed by atoms with Gasteiger partial charge in [-0.2, -0.15) is 4.57 Å². The highest BCUT2D eigenvalue weighted by Gasteiger charge is 2.29. The van der Waals surface area contributed by atoms with E-state index in [1.165, 1.54) is 37.6 Å². The fourth-order valence-electron chi connectivity index (χ4n) is 5.14. The maximum atomic E-state index is 6.29. The molecule has 2 heterocycles. The molecule has 2 aliphatic rings. The number of thiazole rings is 1. The molecule has 1 aliphatic heterocycles. The van der Waals surface area contributed by atoms with Gasteiger partial charge in [-0.3, -0.25) is 0 Å². The van der Waals surface area contributed by atoms with Gasteiger partial charge in [-0.1, -0.05) is 49.5 Å². The lowest BCUT2D eigenvalue weighted by atomic mass is 9.75. The molecule has 0 N–H and O–H groups in total. The Morgan fingerprint density at radius 3 is 2.70 bits per heavy atom. The molecule has 3 nitrogen and oxygen atoms in total. The van der Waals surface area contributed by atoms with Crippen LogP contribution in [0.25, 0.3) is 16.3 Å². The molecule has 33 heavy (non-hydrogen) atoms. The lowest BCUT2D eigenvalue weighted by molar-refractivity contribution is -0.665. The van der Waals surface area contributed by atoms with Crippen LogP contribution in [0.5, 0.6) is 5.75 Å². The monoisotopic (exact) mass is 457 g/mol. The molecule has 1 aromatic heterocycles. The first-order chi connectivity index (χ1) is 15.9. The van der Waals surface area contributed by atoms with Crippen LogP contribution in [0.3, 0.4) is 0 Å². The van der Waals surface area contributed by atoms with Crippen LogP contribution in [0.1, 0.15) is 51.1 Å². The number of aryl methyl sites for hydroxylation is 2. The number of allylic oxidation sites excluding steroid dienone is 4. The third-order valence-corrected chi connectivity index (χ3v) is 7.62. The summed E-state index contributed by atoms with van der Waals surface area (Å²) in [5.41, 5.74) is 6.68. The summed E-state index contributed by atoms with van der Waals surface area (Å²) >= 11 is 1.88. The van der Waals surface area contributed by atoms with E-state index in [4.69, 9.17) is 4.74 Å². The molecule has 0 amide bonds. The number of hydrogen-bond acceptors (Lipinski definition) is 3. The number of hydrogen-bond donors (Lipinski definition) is 0.